The normalized spacial score (nSPS) is 22.5. The van der Waals surface area contributed by atoms with E-state index in [1.807, 2.05) is 0 Å². The van der Waals surface area contributed by atoms with E-state index in [1.165, 1.54) is 18.4 Å². The molecule has 1 unspecified atom stereocenters. The van der Waals surface area contributed by atoms with Crippen LogP contribution in [0.1, 0.15) is 49.3 Å². The second-order valence-electron chi connectivity index (χ2n) is 8.53. The fourth-order valence-electron chi connectivity index (χ4n) is 4.78. The maximum Gasteiger partial charge on any atom is 0.143 e. The summed E-state index contributed by atoms with van der Waals surface area (Å²) < 4.78 is 12.1. The Balaban J connectivity index is 1.49. The molecule has 0 amide bonds. The minimum Gasteiger partial charge on any atom is -0.483 e. The molecule has 2 fully saturated rings. The molecule has 7 nitrogen and oxygen atoms in total. The molecule has 1 atom stereocenters. The Morgan fingerprint density at radius 2 is 1.90 bits per heavy atom. The van der Waals surface area contributed by atoms with Crippen LogP contribution in [0.25, 0.3) is 0 Å². The number of aromatic nitrogens is 2. The monoisotopic (exact) mass is 409 g/mol. The summed E-state index contributed by atoms with van der Waals surface area (Å²) in [7, 11) is 2.20. The van der Waals surface area contributed by atoms with Crippen molar-refractivity contribution in [3.05, 3.63) is 35.7 Å². The lowest BCUT2D eigenvalue weighted by Gasteiger charge is -2.31. The first kappa shape index (κ1) is 19.6. The zero-order valence-electron chi connectivity index (χ0n) is 17.9. The molecule has 160 valence electrons. The highest BCUT2D eigenvalue weighted by molar-refractivity contribution is 5.72. The van der Waals surface area contributed by atoms with Crippen molar-refractivity contribution >= 4 is 17.3 Å². The van der Waals surface area contributed by atoms with Crippen molar-refractivity contribution in [2.45, 2.75) is 38.2 Å². The minimum absolute atomic E-state index is 0.0815. The molecule has 0 radical (unpaired) electrons. The van der Waals surface area contributed by atoms with E-state index in [2.05, 4.69) is 57.3 Å². The van der Waals surface area contributed by atoms with Gasteiger partial charge in [0.2, 0.25) is 0 Å². The second-order valence-corrected chi connectivity index (χ2v) is 8.53. The number of hydrogen-bond donors (Lipinski definition) is 1. The molecular formula is C23H31N5O2. The lowest BCUT2D eigenvalue weighted by Crippen LogP contribution is -2.38. The van der Waals surface area contributed by atoms with E-state index in [1.54, 1.807) is 6.33 Å². The molecule has 5 rings (SSSR count). The lowest BCUT2D eigenvalue weighted by atomic mass is 9.89. The number of ether oxygens (including phenoxy) is 2. The number of rotatable bonds is 3. The molecule has 1 aromatic heterocycles. The Hall–Kier alpha value is -2.38. The van der Waals surface area contributed by atoms with Crippen LogP contribution in [0.15, 0.2) is 24.5 Å². The van der Waals surface area contributed by atoms with Gasteiger partial charge in [0.1, 0.15) is 29.8 Å². The number of hydrogen-bond acceptors (Lipinski definition) is 7. The molecule has 7 heteroatoms. The molecule has 2 saturated heterocycles. The van der Waals surface area contributed by atoms with Gasteiger partial charge in [0, 0.05) is 13.1 Å². The zero-order chi connectivity index (χ0) is 20.5. The molecule has 4 heterocycles. The van der Waals surface area contributed by atoms with Gasteiger partial charge in [-0.2, -0.15) is 0 Å². The third kappa shape index (κ3) is 3.72. The van der Waals surface area contributed by atoms with Gasteiger partial charge in [0.05, 0.1) is 24.5 Å². The lowest BCUT2D eigenvalue weighted by molar-refractivity contribution is 0.122. The van der Waals surface area contributed by atoms with Crippen LogP contribution in [0.5, 0.6) is 5.75 Å². The maximum atomic E-state index is 6.51. The topological polar surface area (TPSA) is 62.8 Å². The summed E-state index contributed by atoms with van der Waals surface area (Å²) in [6.45, 7) is 7.60. The van der Waals surface area contributed by atoms with Gasteiger partial charge < -0.3 is 24.6 Å². The predicted octanol–water partition coefficient (Wildman–Crippen LogP) is 3.71. The number of fused-ring (bicyclic) bond motifs is 2. The number of anilines is 3. The van der Waals surface area contributed by atoms with E-state index in [9.17, 15) is 0 Å². The van der Waals surface area contributed by atoms with Crippen molar-refractivity contribution in [1.82, 2.24) is 14.9 Å². The number of nitrogens with one attached hydrogen (secondary N) is 1. The molecule has 30 heavy (non-hydrogen) atoms. The molecule has 1 aromatic carbocycles. The third-order valence-electron chi connectivity index (χ3n) is 6.58. The van der Waals surface area contributed by atoms with Crippen LogP contribution in [0.4, 0.5) is 17.3 Å². The molecule has 0 aliphatic carbocycles. The number of piperidine rings is 1. The first-order chi connectivity index (χ1) is 14.7. The number of morpholine rings is 1. The molecule has 2 aromatic rings. The van der Waals surface area contributed by atoms with Gasteiger partial charge in [-0.1, -0.05) is 13.0 Å². The summed E-state index contributed by atoms with van der Waals surface area (Å²) in [5.41, 5.74) is 3.45. The third-order valence-corrected chi connectivity index (χ3v) is 6.58. The Morgan fingerprint density at radius 1 is 1.10 bits per heavy atom. The van der Waals surface area contributed by atoms with Crippen LogP contribution in [-0.4, -0.2) is 61.3 Å². The van der Waals surface area contributed by atoms with Gasteiger partial charge in [-0.15, -0.1) is 0 Å². The van der Waals surface area contributed by atoms with Crippen molar-refractivity contribution < 1.29 is 9.47 Å². The van der Waals surface area contributed by atoms with Gasteiger partial charge in [-0.3, -0.25) is 0 Å². The summed E-state index contributed by atoms with van der Waals surface area (Å²) in [5, 5.41) is 3.59. The summed E-state index contributed by atoms with van der Waals surface area (Å²) in [5.74, 6) is 3.32. The summed E-state index contributed by atoms with van der Waals surface area (Å²) >= 11 is 0. The van der Waals surface area contributed by atoms with Crippen LogP contribution in [0.3, 0.4) is 0 Å². The van der Waals surface area contributed by atoms with E-state index in [4.69, 9.17) is 9.47 Å². The van der Waals surface area contributed by atoms with Gasteiger partial charge in [0.15, 0.2) is 0 Å². The second kappa shape index (κ2) is 8.40. The van der Waals surface area contributed by atoms with Crippen LogP contribution in [0.2, 0.25) is 0 Å². The highest BCUT2D eigenvalue weighted by Gasteiger charge is 2.30. The van der Waals surface area contributed by atoms with E-state index in [0.29, 0.717) is 5.92 Å². The highest BCUT2D eigenvalue weighted by atomic mass is 16.5. The first-order valence-corrected chi connectivity index (χ1v) is 11.2. The summed E-state index contributed by atoms with van der Waals surface area (Å²) in [6, 6.07) is 6.64. The van der Waals surface area contributed by atoms with E-state index >= 15 is 0 Å². The van der Waals surface area contributed by atoms with Crippen molar-refractivity contribution in [3.8, 4) is 5.75 Å². The highest BCUT2D eigenvalue weighted by Crippen LogP contribution is 2.44. The molecule has 3 aliphatic rings. The van der Waals surface area contributed by atoms with Gasteiger partial charge in [-0.25, -0.2) is 9.97 Å². The number of likely N-dealkylation sites (tertiary alicyclic amines) is 1. The van der Waals surface area contributed by atoms with Crippen molar-refractivity contribution in [3.63, 3.8) is 0 Å². The Labute approximate surface area is 178 Å². The molecule has 1 N–H and O–H groups in total. The minimum atomic E-state index is -0.0815. The standard InChI is InChI=1S/C23H31N5O2/c1-3-19-21-22(24-15-25-23(21)28-10-12-29-13-11-28)26-18-14-17(4-5-20(18)30-19)16-6-8-27(2)9-7-16/h4-5,14-16,19H,3,6-13H2,1-2H3,(H,24,25,26). The fraction of sp³-hybridized carbons (Fsp3) is 0.565. The Morgan fingerprint density at radius 3 is 2.67 bits per heavy atom. The fourth-order valence-corrected chi connectivity index (χ4v) is 4.78. The average molecular weight is 410 g/mol. The van der Waals surface area contributed by atoms with Crippen LogP contribution in [0, 0.1) is 0 Å². The summed E-state index contributed by atoms with van der Waals surface area (Å²) in [4.78, 5) is 14.0. The van der Waals surface area contributed by atoms with Crippen LogP contribution < -0.4 is 15.0 Å². The van der Waals surface area contributed by atoms with Gasteiger partial charge in [0.25, 0.3) is 0 Å². The Bertz CT molecular complexity index is 891. The van der Waals surface area contributed by atoms with Crippen LogP contribution >= 0.6 is 0 Å². The largest absolute Gasteiger partial charge is 0.483 e. The molecule has 0 saturated carbocycles. The maximum absolute atomic E-state index is 6.51. The number of benzene rings is 1. The Kier molecular flexibility index (Phi) is 5.48. The molecule has 0 spiro atoms. The first-order valence-electron chi connectivity index (χ1n) is 11.2. The molecule has 3 aliphatic heterocycles. The zero-order valence-corrected chi connectivity index (χ0v) is 17.9. The van der Waals surface area contributed by atoms with Crippen molar-refractivity contribution in [2.24, 2.45) is 0 Å². The number of nitrogens with zero attached hydrogens (tertiary/aromatic N) is 4. The predicted molar refractivity (Wildman–Crippen MR) is 118 cm³/mol. The van der Waals surface area contributed by atoms with Crippen LogP contribution in [-0.2, 0) is 4.74 Å². The van der Waals surface area contributed by atoms with Gasteiger partial charge >= 0.3 is 0 Å². The van der Waals surface area contributed by atoms with Crippen molar-refractivity contribution in [1.29, 1.82) is 0 Å². The van der Waals surface area contributed by atoms with E-state index in [0.717, 1.165) is 74.4 Å². The molecular weight excluding hydrogens is 378 g/mol. The SMILES string of the molecule is CCC1Oc2ccc(C3CCN(C)CC3)cc2Nc2ncnc(N3CCOCC3)c21. The molecule has 0 bridgehead atoms. The smallest absolute Gasteiger partial charge is 0.143 e. The van der Waals surface area contributed by atoms with E-state index in [-0.39, 0.29) is 6.10 Å². The van der Waals surface area contributed by atoms with E-state index < -0.39 is 0 Å². The quantitative estimate of drug-likeness (QED) is 0.829. The summed E-state index contributed by atoms with van der Waals surface area (Å²) in [6.07, 6.45) is 4.84. The van der Waals surface area contributed by atoms with Crippen molar-refractivity contribution in [2.75, 3.05) is 56.7 Å². The van der Waals surface area contributed by atoms with Gasteiger partial charge in [-0.05, 0) is 63.0 Å². The average Bonchev–Trinajstić information content (AvgIpc) is 2.96.